The van der Waals surface area contributed by atoms with Crippen LogP contribution in [0, 0.1) is 0 Å². The fraction of sp³-hybridized carbons (Fsp3) is 0.400. The number of benzene rings is 7. The van der Waals surface area contributed by atoms with Crippen LogP contribution in [0.15, 0.2) is 133 Å². The molecule has 0 unspecified atom stereocenters. The Balaban J connectivity index is 1.28. The zero-order chi connectivity index (χ0) is 52.2. The lowest BCUT2D eigenvalue weighted by Crippen LogP contribution is -2.62. The van der Waals surface area contributed by atoms with Crippen molar-refractivity contribution in [3.8, 4) is 22.3 Å². The Morgan fingerprint density at radius 2 is 0.849 bits per heavy atom. The molecule has 11 rings (SSSR count). The molecule has 7 aromatic rings. The van der Waals surface area contributed by atoms with Gasteiger partial charge in [0.15, 0.2) is 0 Å². The molecule has 0 radical (unpaired) electrons. The molecule has 0 aromatic heterocycles. The van der Waals surface area contributed by atoms with Gasteiger partial charge in [-0.1, -0.05) is 197 Å². The molecule has 2 aliphatic carbocycles. The molecule has 73 heavy (non-hydrogen) atoms. The third-order valence-corrected chi connectivity index (χ3v) is 18.3. The first kappa shape index (κ1) is 49.4. The number of rotatable bonds is 4. The molecule has 3 heteroatoms. The fourth-order valence-electron chi connectivity index (χ4n) is 13.1. The Morgan fingerprint density at radius 3 is 1.47 bits per heavy atom. The van der Waals surface area contributed by atoms with Crippen LogP contribution in [0.25, 0.3) is 22.3 Å². The monoisotopic (exact) mass is 961 g/mol. The quantitative estimate of drug-likeness (QED) is 0.162. The van der Waals surface area contributed by atoms with Gasteiger partial charge in [-0.25, -0.2) is 0 Å². The maximum atomic E-state index is 2.73. The molecule has 0 N–H and O–H groups in total. The first-order valence-corrected chi connectivity index (χ1v) is 27.6. The summed E-state index contributed by atoms with van der Waals surface area (Å²) in [7, 11) is 0. The number of anilines is 6. The minimum absolute atomic E-state index is 0.0170. The molecular weight excluding hydrogens is 880 g/mol. The van der Waals surface area contributed by atoms with Gasteiger partial charge in [-0.2, -0.15) is 0 Å². The van der Waals surface area contributed by atoms with Crippen LogP contribution in [0.1, 0.15) is 182 Å². The van der Waals surface area contributed by atoms with Crippen molar-refractivity contribution in [2.45, 2.75) is 181 Å². The van der Waals surface area contributed by atoms with Crippen molar-refractivity contribution in [2.75, 3.05) is 9.80 Å². The van der Waals surface area contributed by atoms with Gasteiger partial charge in [-0.15, -0.1) is 0 Å². The van der Waals surface area contributed by atoms with Crippen molar-refractivity contribution >= 4 is 57.2 Å². The van der Waals surface area contributed by atoms with Crippen LogP contribution in [0.4, 0.5) is 34.1 Å². The van der Waals surface area contributed by atoms with Gasteiger partial charge in [0, 0.05) is 34.0 Å². The Hall–Kier alpha value is -5.80. The zero-order valence-electron chi connectivity index (χ0n) is 47.5. The van der Waals surface area contributed by atoms with Gasteiger partial charge >= 0.3 is 0 Å². The first-order chi connectivity index (χ1) is 34.0. The Bertz CT molecular complexity index is 3360. The molecule has 7 aromatic carbocycles. The highest BCUT2D eigenvalue weighted by atomic mass is 15.2. The molecular formula is C70H81BN2. The third-order valence-electron chi connectivity index (χ3n) is 18.3. The predicted molar refractivity (Wildman–Crippen MR) is 318 cm³/mol. The maximum Gasteiger partial charge on any atom is 0.252 e. The third kappa shape index (κ3) is 8.13. The largest absolute Gasteiger partial charge is 0.311 e. The minimum Gasteiger partial charge on any atom is -0.311 e. The number of hydrogen-bond acceptors (Lipinski definition) is 2. The van der Waals surface area contributed by atoms with E-state index in [-0.39, 0.29) is 44.6 Å². The summed E-state index contributed by atoms with van der Waals surface area (Å²) in [4.78, 5) is 5.44. The van der Waals surface area contributed by atoms with E-state index in [9.17, 15) is 0 Å². The normalized spacial score (nSPS) is 18.1. The molecule has 0 fully saturated rings. The fourth-order valence-corrected chi connectivity index (χ4v) is 13.1. The van der Waals surface area contributed by atoms with Crippen molar-refractivity contribution in [2.24, 2.45) is 0 Å². The van der Waals surface area contributed by atoms with Crippen molar-refractivity contribution in [3.05, 3.63) is 172 Å². The Kier molecular flexibility index (Phi) is 11.1. The summed E-state index contributed by atoms with van der Waals surface area (Å²) in [5.74, 6) is 0. The zero-order valence-corrected chi connectivity index (χ0v) is 47.5. The van der Waals surface area contributed by atoms with Crippen molar-refractivity contribution in [3.63, 3.8) is 0 Å². The van der Waals surface area contributed by atoms with E-state index in [1.165, 1.54) is 137 Å². The molecule has 0 atom stereocenters. The lowest BCUT2D eigenvalue weighted by Gasteiger charge is -2.48. The second-order valence-corrected chi connectivity index (χ2v) is 28.5. The second-order valence-electron chi connectivity index (χ2n) is 28.5. The summed E-state index contributed by atoms with van der Waals surface area (Å²) in [5.41, 5.74) is 26.8. The summed E-state index contributed by atoms with van der Waals surface area (Å²) < 4.78 is 0. The van der Waals surface area contributed by atoms with E-state index in [0.29, 0.717) is 0 Å². The summed E-state index contributed by atoms with van der Waals surface area (Å²) in [5, 5.41) is 0. The van der Waals surface area contributed by atoms with E-state index in [4.69, 9.17) is 0 Å². The number of hydrogen-bond donors (Lipinski definition) is 0. The summed E-state index contributed by atoms with van der Waals surface area (Å²) in [6, 6.07) is 53.2. The highest BCUT2D eigenvalue weighted by Gasteiger charge is 2.48. The lowest BCUT2D eigenvalue weighted by molar-refractivity contribution is 0.332. The second kappa shape index (κ2) is 16.4. The van der Waals surface area contributed by atoms with Gasteiger partial charge in [0.2, 0.25) is 0 Å². The molecule has 0 saturated carbocycles. The van der Waals surface area contributed by atoms with E-state index in [0.717, 1.165) is 0 Å². The van der Waals surface area contributed by atoms with Gasteiger partial charge in [0.25, 0.3) is 6.71 Å². The number of fused-ring (bicyclic) bond motifs is 6. The lowest BCUT2D eigenvalue weighted by atomic mass is 9.33. The molecule has 2 aliphatic heterocycles. The molecule has 4 aliphatic rings. The SMILES string of the molecule is CC(C)(C)c1ccc(N2c3cc(C(C)(C)C)ccc3B3c4cc5c(cc4N(c4ccc6c(c4)C(C)(C)CCC6(C)C)c4cc(C(C)(C)C)cc2c43)C(C)(C)CCC5(C)C)c(-c2cccc(-c3ccccc3)c2)c1. The van der Waals surface area contributed by atoms with Crippen LogP contribution < -0.4 is 26.2 Å². The van der Waals surface area contributed by atoms with Crippen LogP contribution in [-0.4, -0.2) is 6.71 Å². The van der Waals surface area contributed by atoms with E-state index in [1.54, 1.807) is 0 Å². The van der Waals surface area contributed by atoms with Gasteiger partial charge in [0.1, 0.15) is 0 Å². The first-order valence-electron chi connectivity index (χ1n) is 27.6. The highest BCUT2D eigenvalue weighted by molar-refractivity contribution is 7.00. The van der Waals surface area contributed by atoms with E-state index in [1.807, 2.05) is 0 Å². The van der Waals surface area contributed by atoms with Crippen LogP contribution in [-0.2, 0) is 37.9 Å². The summed E-state index contributed by atoms with van der Waals surface area (Å²) in [6.07, 6.45) is 4.71. The van der Waals surface area contributed by atoms with Crippen molar-refractivity contribution < 1.29 is 0 Å². The summed E-state index contributed by atoms with van der Waals surface area (Å²) in [6.45, 7) is 41.2. The average molecular weight is 961 g/mol. The summed E-state index contributed by atoms with van der Waals surface area (Å²) >= 11 is 0. The molecule has 0 spiro atoms. The molecule has 0 saturated heterocycles. The van der Waals surface area contributed by atoms with E-state index < -0.39 is 0 Å². The van der Waals surface area contributed by atoms with Gasteiger partial charge in [-0.3, -0.25) is 0 Å². The molecule has 0 bridgehead atoms. The van der Waals surface area contributed by atoms with Crippen LogP contribution in [0.3, 0.4) is 0 Å². The van der Waals surface area contributed by atoms with Crippen molar-refractivity contribution in [1.82, 2.24) is 0 Å². The van der Waals surface area contributed by atoms with Crippen LogP contribution in [0.2, 0.25) is 0 Å². The number of nitrogens with zero attached hydrogens (tertiary/aromatic N) is 2. The minimum atomic E-state index is -0.140. The van der Waals surface area contributed by atoms with Gasteiger partial charge in [-0.05, 0) is 190 Å². The Labute approximate surface area is 440 Å². The van der Waals surface area contributed by atoms with Crippen LogP contribution in [0.5, 0.6) is 0 Å². The average Bonchev–Trinajstić information content (AvgIpc) is 3.33. The van der Waals surface area contributed by atoms with E-state index in [2.05, 4.69) is 261 Å². The molecule has 0 amide bonds. The topological polar surface area (TPSA) is 6.48 Å². The standard InChI is InChI=1S/C70H81BN2/c1-64(2,3)47-27-31-58(51(37-47)46-25-21-24-45(36-46)44-22-19-18-20-23-44)73-59-38-48(65(4,5)6)26-30-56(59)71-57-42-54-55(70(16,17)35-34-69(54,14)15)43-60(57)72(61-39-49(66(7,8)9)40-62(73)63(61)71)50-28-29-52-53(41-50)68(12,13)33-32-67(52,10)11/h18-31,36-43H,32-35H2,1-17H3. The maximum absolute atomic E-state index is 2.73. The smallest absolute Gasteiger partial charge is 0.252 e. The van der Waals surface area contributed by atoms with Crippen LogP contribution >= 0.6 is 0 Å². The molecule has 374 valence electrons. The van der Waals surface area contributed by atoms with Gasteiger partial charge in [0.05, 0.1) is 5.69 Å². The van der Waals surface area contributed by atoms with Crippen molar-refractivity contribution in [1.29, 1.82) is 0 Å². The van der Waals surface area contributed by atoms with E-state index >= 15 is 0 Å². The predicted octanol–water partition coefficient (Wildman–Crippen LogP) is 17.7. The van der Waals surface area contributed by atoms with Gasteiger partial charge < -0.3 is 9.80 Å². The highest BCUT2D eigenvalue weighted by Crippen LogP contribution is 2.54. The molecule has 2 nitrogen and oxygen atoms in total. The Morgan fingerprint density at radius 1 is 0.356 bits per heavy atom. The molecule has 2 heterocycles.